The van der Waals surface area contributed by atoms with E-state index in [2.05, 4.69) is 26.1 Å². The molecule has 1 saturated carbocycles. The van der Waals surface area contributed by atoms with Crippen LogP contribution in [0.5, 0.6) is 0 Å². The van der Waals surface area contributed by atoms with E-state index in [9.17, 15) is 0 Å². The lowest BCUT2D eigenvalue weighted by molar-refractivity contribution is 0.461. The highest BCUT2D eigenvalue weighted by Gasteiger charge is 2.23. The van der Waals surface area contributed by atoms with E-state index in [1.165, 1.54) is 12.8 Å². The molecule has 0 bridgehead atoms. The van der Waals surface area contributed by atoms with Gasteiger partial charge >= 0.3 is 0 Å². The van der Waals surface area contributed by atoms with E-state index in [1.807, 2.05) is 0 Å². The topological polar surface area (TPSA) is 38.9 Å². The van der Waals surface area contributed by atoms with Crippen molar-refractivity contribution in [2.75, 3.05) is 0 Å². The van der Waals surface area contributed by atoms with Crippen LogP contribution >= 0.6 is 15.9 Å². The fourth-order valence-corrected chi connectivity index (χ4v) is 1.15. The summed E-state index contributed by atoms with van der Waals surface area (Å²) >= 11 is 3.10. The number of rotatable bonds is 2. The fraction of sp³-hybridized carbons (Fsp3) is 0.667. The van der Waals surface area contributed by atoms with Gasteiger partial charge in [-0.1, -0.05) is 0 Å². The quantitative estimate of drug-likeness (QED) is 0.735. The summed E-state index contributed by atoms with van der Waals surface area (Å²) in [5, 5.41) is 7.53. The van der Waals surface area contributed by atoms with Gasteiger partial charge in [0.25, 0.3) is 4.80 Å². The summed E-state index contributed by atoms with van der Waals surface area (Å²) in [5.41, 5.74) is 0. The minimum Gasteiger partial charge on any atom is -0.416 e. The number of nitrogens with zero attached hydrogens (tertiary/aromatic N) is 2. The summed E-state index contributed by atoms with van der Waals surface area (Å²) in [5.74, 6) is 1.57. The SMILES string of the molecule is Brc1nnc(CC2CC2)o1. The van der Waals surface area contributed by atoms with Crippen LogP contribution in [0.4, 0.5) is 0 Å². The summed E-state index contributed by atoms with van der Waals surface area (Å²) in [7, 11) is 0. The zero-order valence-corrected chi connectivity index (χ0v) is 6.97. The molecule has 4 heteroatoms. The molecule has 54 valence electrons. The van der Waals surface area contributed by atoms with Crippen LogP contribution in [0.15, 0.2) is 9.22 Å². The summed E-state index contributed by atoms with van der Waals surface area (Å²) in [6.45, 7) is 0. The predicted molar refractivity (Wildman–Crippen MR) is 38.4 cm³/mol. The zero-order chi connectivity index (χ0) is 6.97. The van der Waals surface area contributed by atoms with Gasteiger partial charge in [-0.05, 0) is 18.8 Å². The van der Waals surface area contributed by atoms with E-state index in [0.717, 1.165) is 18.2 Å². The van der Waals surface area contributed by atoms with Crippen molar-refractivity contribution >= 4 is 15.9 Å². The molecule has 0 radical (unpaired) electrons. The summed E-state index contributed by atoms with van der Waals surface area (Å²) in [4.78, 5) is 0.489. The predicted octanol–water partition coefficient (Wildman–Crippen LogP) is 1.78. The molecule has 1 fully saturated rings. The van der Waals surface area contributed by atoms with E-state index in [-0.39, 0.29) is 0 Å². The van der Waals surface area contributed by atoms with Gasteiger partial charge in [-0.3, -0.25) is 0 Å². The van der Waals surface area contributed by atoms with Crippen LogP contribution in [0.2, 0.25) is 0 Å². The van der Waals surface area contributed by atoms with Gasteiger partial charge in [0.05, 0.1) is 0 Å². The second-order valence-corrected chi connectivity index (χ2v) is 3.27. The molecule has 0 spiro atoms. The van der Waals surface area contributed by atoms with Gasteiger partial charge in [-0.15, -0.1) is 10.2 Å². The van der Waals surface area contributed by atoms with Crippen molar-refractivity contribution < 1.29 is 4.42 Å². The lowest BCUT2D eigenvalue weighted by Crippen LogP contribution is -1.85. The Morgan fingerprint density at radius 1 is 1.50 bits per heavy atom. The standard InChI is InChI=1S/C6H7BrN2O/c7-6-9-8-5(10-6)3-4-1-2-4/h4H,1-3H2. The normalized spacial score (nSPS) is 17.7. The second-order valence-electron chi connectivity index (χ2n) is 2.60. The third-order valence-electron chi connectivity index (χ3n) is 1.60. The molecule has 1 heterocycles. The Kier molecular flexibility index (Phi) is 1.48. The Hall–Kier alpha value is -0.380. The van der Waals surface area contributed by atoms with Gasteiger partial charge < -0.3 is 4.42 Å². The maximum absolute atomic E-state index is 5.13. The molecule has 1 aromatic heterocycles. The van der Waals surface area contributed by atoms with Gasteiger partial charge in [-0.2, -0.15) is 0 Å². The lowest BCUT2D eigenvalue weighted by atomic mass is 10.3. The molecule has 10 heavy (non-hydrogen) atoms. The minimum atomic E-state index is 0.489. The summed E-state index contributed by atoms with van der Waals surface area (Å²) in [6.07, 6.45) is 3.60. The van der Waals surface area contributed by atoms with E-state index in [4.69, 9.17) is 4.42 Å². The number of halogens is 1. The van der Waals surface area contributed by atoms with E-state index in [0.29, 0.717) is 4.80 Å². The molecule has 0 aliphatic heterocycles. The maximum atomic E-state index is 5.13. The van der Waals surface area contributed by atoms with Crippen LogP contribution in [0, 0.1) is 5.92 Å². The number of aromatic nitrogens is 2. The molecule has 0 N–H and O–H groups in total. The third kappa shape index (κ3) is 1.37. The first-order valence-electron chi connectivity index (χ1n) is 3.32. The minimum absolute atomic E-state index is 0.489. The first kappa shape index (κ1) is 6.34. The van der Waals surface area contributed by atoms with E-state index < -0.39 is 0 Å². The summed E-state index contributed by atoms with van der Waals surface area (Å²) in [6, 6.07) is 0. The highest BCUT2D eigenvalue weighted by molar-refractivity contribution is 9.10. The van der Waals surface area contributed by atoms with Crippen molar-refractivity contribution in [1.82, 2.24) is 10.2 Å². The second kappa shape index (κ2) is 2.34. The van der Waals surface area contributed by atoms with Crippen molar-refractivity contribution in [3.05, 3.63) is 10.7 Å². The Morgan fingerprint density at radius 2 is 2.30 bits per heavy atom. The van der Waals surface area contributed by atoms with E-state index in [1.54, 1.807) is 0 Å². The Labute approximate surface area is 67.0 Å². The smallest absolute Gasteiger partial charge is 0.284 e. The van der Waals surface area contributed by atoms with Crippen LogP contribution < -0.4 is 0 Å². The first-order valence-corrected chi connectivity index (χ1v) is 4.12. The van der Waals surface area contributed by atoms with Gasteiger partial charge in [-0.25, -0.2) is 0 Å². The van der Waals surface area contributed by atoms with Gasteiger partial charge in [0.2, 0.25) is 5.89 Å². The number of hydrogen-bond acceptors (Lipinski definition) is 3. The van der Waals surface area contributed by atoms with Crippen molar-refractivity contribution in [1.29, 1.82) is 0 Å². The average molecular weight is 203 g/mol. The molecule has 1 aliphatic carbocycles. The van der Waals surface area contributed by atoms with Crippen molar-refractivity contribution in [2.45, 2.75) is 19.3 Å². The highest BCUT2D eigenvalue weighted by atomic mass is 79.9. The molecule has 2 rings (SSSR count). The Morgan fingerprint density at radius 3 is 2.80 bits per heavy atom. The maximum Gasteiger partial charge on any atom is 0.284 e. The molecule has 0 saturated heterocycles. The average Bonchev–Trinajstić information content (AvgIpc) is 2.59. The third-order valence-corrected chi connectivity index (χ3v) is 1.92. The molecule has 1 aromatic rings. The van der Waals surface area contributed by atoms with E-state index >= 15 is 0 Å². The zero-order valence-electron chi connectivity index (χ0n) is 5.38. The molecule has 0 amide bonds. The number of hydrogen-bond donors (Lipinski definition) is 0. The molecule has 1 aliphatic rings. The van der Waals surface area contributed by atoms with Crippen LogP contribution in [0.25, 0.3) is 0 Å². The molecule has 0 unspecified atom stereocenters. The first-order chi connectivity index (χ1) is 4.84. The Bertz CT molecular complexity index is 231. The van der Waals surface area contributed by atoms with Gasteiger partial charge in [0.1, 0.15) is 0 Å². The lowest BCUT2D eigenvalue weighted by Gasteiger charge is -1.85. The molecular formula is C6H7BrN2O. The highest BCUT2D eigenvalue weighted by Crippen LogP contribution is 2.32. The van der Waals surface area contributed by atoms with Crippen LogP contribution in [0.3, 0.4) is 0 Å². The van der Waals surface area contributed by atoms with Gasteiger partial charge in [0.15, 0.2) is 0 Å². The molecule has 0 atom stereocenters. The van der Waals surface area contributed by atoms with Crippen molar-refractivity contribution in [3.63, 3.8) is 0 Å². The summed E-state index contributed by atoms with van der Waals surface area (Å²) < 4.78 is 5.13. The fourth-order valence-electron chi connectivity index (χ4n) is 0.885. The molecule has 0 aromatic carbocycles. The van der Waals surface area contributed by atoms with Crippen LogP contribution in [-0.4, -0.2) is 10.2 Å². The Balaban J connectivity index is 2.03. The molecular weight excluding hydrogens is 196 g/mol. The van der Waals surface area contributed by atoms with Crippen molar-refractivity contribution in [2.24, 2.45) is 5.92 Å². The van der Waals surface area contributed by atoms with Crippen molar-refractivity contribution in [3.8, 4) is 0 Å². The molecule has 3 nitrogen and oxygen atoms in total. The largest absolute Gasteiger partial charge is 0.416 e. The van der Waals surface area contributed by atoms with Crippen LogP contribution in [0.1, 0.15) is 18.7 Å². The monoisotopic (exact) mass is 202 g/mol. The van der Waals surface area contributed by atoms with Crippen LogP contribution in [-0.2, 0) is 6.42 Å². The van der Waals surface area contributed by atoms with Gasteiger partial charge in [0, 0.05) is 22.4 Å².